The van der Waals surface area contributed by atoms with Gasteiger partial charge < -0.3 is 20.1 Å². The number of rotatable bonds is 4. The highest BCUT2D eigenvalue weighted by atomic mass is 16.5. The summed E-state index contributed by atoms with van der Waals surface area (Å²) in [7, 11) is 3.33. The minimum atomic E-state index is -0.510. The van der Waals surface area contributed by atoms with E-state index in [9.17, 15) is 10.1 Å². The first kappa shape index (κ1) is 18.4. The van der Waals surface area contributed by atoms with Crippen LogP contribution in [-0.2, 0) is 4.79 Å². The Kier molecular flexibility index (Phi) is 5.09. The molecule has 0 radical (unpaired) electrons. The number of nitrogens with two attached hydrogens (primary N) is 1. The van der Waals surface area contributed by atoms with Gasteiger partial charge in [-0.15, -0.1) is 6.42 Å². The monoisotopic (exact) mass is 363 g/mol. The maximum absolute atomic E-state index is 12.8. The number of ether oxygens (including phenoxy) is 2. The Morgan fingerprint density at radius 1 is 1.37 bits per heavy atom. The molecule has 27 heavy (non-hydrogen) atoms. The van der Waals surface area contributed by atoms with Crippen LogP contribution in [0.1, 0.15) is 30.7 Å². The maximum atomic E-state index is 12.8. The van der Waals surface area contributed by atoms with Crippen LogP contribution in [0, 0.1) is 23.7 Å². The Morgan fingerprint density at radius 2 is 2.15 bits per heavy atom. The van der Waals surface area contributed by atoms with Gasteiger partial charge in [0.15, 0.2) is 17.3 Å². The summed E-state index contributed by atoms with van der Waals surface area (Å²) in [6, 6.07) is 7.54. The third-order valence-electron chi connectivity index (χ3n) is 5.00. The van der Waals surface area contributed by atoms with Crippen molar-refractivity contribution < 1.29 is 14.3 Å². The molecule has 138 valence electrons. The molecule has 0 fully saturated rings. The zero-order chi connectivity index (χ0) is 19.6. The second-order valence-electron chi connectivity index (χ2n) is 6.44. The van der Waals surface area contributed by atoms with Crippen molar-refractivity contribution in [3.63, 3.8) is 0 Å². The number of methoxy groups -OCH3 is 1. The summed E-state index contributed by atoms with van der Waals surface area (Å²) >= 11 is 0. The van der Waals surface area contributed by atoms with Crippen molar-refractivity contribution in [2.45, 2.75) is 25.2 Å². The molecule has 6 heteroatoms. The zero-order valence-corrected chi connectivity index (χ0v) is 15.4. The summed E-state index contributed by atoms with van der Waals surface area (Å²) in [6.45, 7) is 0.119. The lowest BCUT2D eigenvalue weighted by Gasteiger charge is -2.37. The van der Waals surface area contributed by atoms with Gasteiger partial charge in [-0.1, -0.05) is 12.0 Å². The van der Waals surface area contributed by atoms with E-state index in [1.807, 2.05) is 6.07 Å². The van der Waals surface area contributed by atoms with E-state index in [1.54, 1.807) is 24.1 Å². The molecule has 0 saturated carbocycles. The second-order valence-corrected chi connectivity index (χ2v) is 6.44. The molecule has 0 bridgehead atoms. The Hall–Kier alpha value is -3.38. The Labute approximate surface area is 158 Å². The number of terminal acetylenes is 1. The third-order valence-corrected chi connectivity index (χ3v) is 5.00. The lowest BCUT2D eigenvalue weighted by molar-refractivity contribution is -0.116. The van der Waals surface area contributed by atoms with Crippen molar-refractivity contribution in [2.75, 3.05) is 20.8 Å². The van der Waals surface area contributed by atoms with Gasteiger partial charge in [-0.25, -0.2) is 0 Å². The molecule has 0 saturated heterocycles. The van der Waals surface area contributed by atoms with Gasteiger partial charge in [-0.05, 0) is 30.5 Å². The molecule has 2 aliphatic rings. The molecule has 1 aliphatic carbocycles. The van der Waals surface area contributed by atoms with Crippen LogP contribution >= 0.6 is 0 Å². The summed E-state index contributed by atoms with van der Waals surface area (Å²) in [4.78, 5) is 14.5. The van der Waals surface area contributed by atoms with Crippen LogP contribution in [-0.4, -0.2) is 31.4 Å². The first-order valence-corrected chi connectivity index (χ1v) is 8.67. The molecule has 6 nitrogen and oxygen atoms in total. The van der Waals surface area contributed by atoms with E-state index in [4.69, 9.17) is 21.6 Å². The van der Waals surface area contributed by atoms with Gasteiger partial charge in [0.05, 0.1) is 24.7 Å². The van der Waals surface area contributed by atoms with E-state index in [0.717, 1.165) is 24.1 Å². The number of ketones is 1. The number of hydrogen-bond donors (Lipinski definition) is 1. The lowest BCUT2D eigenvalue weighted by Crippen LogP contribution is -2.36. The zero-order valence-electron chi connectivity index (χ0n) is 15.4. The molecular formula is C21H21N3O3. The maximum Gasteiger partial charge on any atom is 0.162 e. The smallest absolute Gasteiger partial charge is 0.162 e. The van der Waals surface area contributed by atoms with Crippen molar-refractivity contribution in [3.05, 3.63) is 46.4 Å². The van der Waals surface area contributed by atoms with Crippen LogP contribution < -0.4 is 15.2 Å². The molecule has 1 heterocycles. The number of Topliss-reactive ketones (excluding diaryl/α,β-unsaturated/α-hetero) is 1. The minimum Gasteiger partial charge on any atom is -0.493 e. The summed E-state index contributed by atoms with van der Waals surface area (Å²) < 4.78 is 10.9. The molecule has 3 rings (SSSR count). The summed E-state index contributed by atoms with van der Waals surface area (Å²) in [5.41, 5.74) is 8.90. The molecule has 1 aromatic carbocycles. The van der Waals surface area contributed by atoms with Crippen molar-refractivity contribution in [1.29, 1.82) is 5.26 Å². The van der Waals surface area contributed by atoms with Gasteiger partial charge in [0.25, 0.3) is 0 Å². The number of hydrogen-bond acceptors (Lipinski definition) is 6. The summed E-state index contributed by atoms with van der Waals surface area (Å²) in [6.07, 6.45) is 7.26. The number of benzene rings is 1. The van der Waals surface area contributed by atoms with E-state index < -0.39 is 5.92 Å². The molecule has 1 aliphatic heterocycles. The molecule has 0 aromatic heterocycles. The fourth-order valence-corrected chi connectivity index (χ4v) is 3.70. The Balaban J connectivity index is 2.15. The van der Waals surface area contributed by atoms with E-state index >= 15 is 0 Å². The highest BCUT2D eigenvalue weighted by Crippen LogP contribution is 2.45. The molecule has 0 amide bonds. The fraction of sp³-hybridized carbons (Fsp3) is 0.333. The first-order chi connectivity index (χ1) is 13.0. The fourth-order valence-electron chi connectivity index (χ4n) is 3.70. The van der Waals surface area contributed by atoms with Gasteiger partial charge in [-0.2, -0.15) is 5.26 Å². The predicted molar refractivity (Wildman–Crippen MR) is 101 cm³/mol. The Bertz CT molecular complexity index is 931. The van der Waals surface area contributed by atoms with Gasteiger partial charge in [0.1, 0.15) is 12.4 Å². The van der Waals surface area contributed by atoms with E-state index in [0.29, 0.717) is 34.9 Å². The molecule has 0 unspecified atom stereocenters. The largest absolute Gasteiger partial charge is 0.493 e. The quantitative estimate of drug-likeness (QED) is 0.827. The summed E-state index contributed by atoms with van der Waals surface area (Å²) in [5.74, 6) is 3.33. The first-order valence-electron chi connectivity index (χ1n) is 8.67. The van der Waals surface area contributed by atoms with Gasteiger partial charge >= 0.3 is 0 Å². The van der Waals surface area contributed by atoms with Crippen molar-refractivity contribution in [3.8, 4) is 29.9 Å². The SMILES string of the molecule is C#CCOc1ccc([C@H]2C(C#N)=C(N)N(C)C3=C2C(=O)CCC3)cc1OC. The number of allylic oxidation sites excluding steroid dienone is 3. The number of carbonyl (C=O) groups is 1. The standard InChI is InChI=1S/C21H21N3O3/c1-4-10-27-17-9-8-13(11-18(17)26-3)19-14(12-22)21(23)24(2)15-6-5-7-16(25)20(15)19/h1,8-9,11,19H,5-7,10,23H2,2-3H3/t19-/m0/s1. The van der Waals surface area contributed by atoms with E-state index in [2.05, 4.69) is 12.0 Å². The number of nitriles is 1. The number of carbonyl (C=O) groups excluding carboxylic acids is 1. The molecule has 2 N–H and O–H groups in total. The van der Waals surface area contributed by atoms with Crippen LogP contribution in [0.15, 0.2) is 40.9 Å². The molecular weight excluding hydrogens is 342 g/mol. The van der Waals surface area contributed by atoms with Crippen molar-refractivity contribution in [2.24, 2.45) is 5.73 Å². The lowest BCUT2D eigenvalue weighted by atomic mass is 9.76. The van der Waals surface area contributed by atoms with Gasteiger partial charge in [0.2, 0.25) is 0 Å². The van der Waals surface area contributed by atoms with Crippen LogP contribution in [0.5, 0.6) is 11.5 Å². The highest BCUT2D eigenvalue weighted by Gasteiger charge is 2.38. The molecule has 1 atom stereocenters. The van der Waals surface area contributed by atoms with Gasteiger partial charge in [-0.3, -0.25) is 4.79 Å². The predicted octanol–water partition coefficient (Wildman–Crippen LogP) is 2.44. The van der Waals surface area contributed by atoms with E-state index in [-0.39, 0.29) is 12.4 Å². The van der Waals surface area contributed by atoms with Crippen molar-refractivity contribution >= 4 is 5.78 Å². The van der Waals surface area contributed by atoms with Crippen LogP contribution in [0.25, 0.3) is 0 Å². The normalized spacial score (nSPS) is 19.3. The van der Waals surface area contributed by atoms with Gasteiger partial charge in [0, 0.05) is 24.7 Å². The minimum absolute atomic E-state index is 0.0555. The third kappa shape index (κ3) is 3.11. The summed E-state index contributed by atoms with van der Waals surface area (Å²) in [5, 5.41) is 9.76. The Morgan fingerprint density at radius 3 is 2.81 bits per heavy atom. The average molecular weight is 363 g/mol. The van der Waals surface area contributed by atoms with Crippen LogP contribution in [0.2, 0.25) is 0 Å². The number of nitrogens with zero attached hydrogens (tertiary/aromatic N) is 2. The second kappa shape index (κ2) is 7.47. The van der Waals surface area contributed by atoms with E-state index in [1.165, 1.54) is 7.11 Å². The molecule has 0 spiro atoms. The average Bonchev–Trinajstić information content (AvgIpc) is 2.69. The topological polar surface area (TPSA) is 88.6 Å². The van der Waals surface area contributed by atoms with Crippen molar-refractivity contribution in [1.82, 2.24) is 4.90 Å². The highest BCUT2D eigenvalue weighted by molar-refractivity contribution is 5.99. The molecule has 1 aromatic rings. The van der Waals surface area contributed by atoms with Crippen LogP contribution in [0.4, 0.5) is 0 Å². The van der Waals surface area contributed by atoms with Crippen LogP contribution in [0.3, 0.4) is 0 Å².